The molecular formula is C17H21N3O4. The van der Waals surface area contributed by atoms with Gasteiger partial charge in [-0.25, -0.2) is 9.97 Å². The molecule has 0 aromatic carbocycles. The highest BCUT2D eigenvalue weighted by Crippen LogP contribution is 2.15. The van der Waals surface area contributed by atoms with E-state index in [2.05, 4.69) is 15.3 Å². The Bertz CT molecular complexity index is 650. The number of anilines is 1. The molecule has 2 rings (SSSR count). The van der Waals surface area contributed by atoms with E-state index in [1.54, 1.807) is 50.6 Å². The molecule has 2 aromatic heterocycles. The van der Waals surface area contributed by atoms with Crippen LogP contribution in [0.25, 0.3) is 0 Å². The number of nitrogens with one attached hydrogen (secondary N) is 1. The molecule has 0 fully saturated rings. The van der Waals surface area contributed by atoms with Gasteiger partial charge in [-0.2, -0.15) is 0 Å². The van der Waals surface area contributed by atoms with Gasteiger partial charge in [0.05, 0.1) is 19.8 Å². The quantitative estimate of drug-likeness (QED) is 0.708. The lowest BCUT2D eigenvalue weighted by Gasteiger charge is -2.10. The number of rotatable bonds is 9. The lowest BCUT2D eigenvalue weighted by Crippen LogP contribution is -2.15. The molecule has 1 N–H and O–H groups in total. The highest BCUT2D eigenvalue weighted by molar-refractivity contribution is 6.02. The van der Waals surface area contributed by atoms with Crippen molar-refractivity contribution in [3.05, 3.63) is 47.9 Å². The molecule has 0 unspecified atom stereocenters. The van der Waals surface area contributed by atoms with Gasteiger partial charge in [0.2, 0.25) is 0 Å². The van der Waals surface area contributed by atoms with E-state index in [9.17, 15) is 4.79 Å². The topological polar surface area (TPSA) is 82.6 Å². The lowest BCUT2D eigenvalue weighted by atomic mass is 10.2. The van der Waals surface area contributed by atoms with Gasteiger partial charge in [-0.05, 0) is 19.1 Å². The molecule has 0 spiro atoms. The predicted octanol–water partition coefficient (Wildman–Crippen LogP) is 2.08. The number of carbonyl (C=O) groups excluding carboxylic acids is 1. The van der Waals surface area contributed by atoms with Gasteiger partial charge >= 0.3 is 0 Å². The number of carbonyl (C=O) groups is 1. The molecule has 2 aromatic rings. The summed E-state index contributed by atoms with van der Waals surface area (Å²) in [5, 5.41) is 2.70. The van der Waals surface area contributed by atoms with Gasteiger partial charge in [-0.3, -0.25) is 4.79 Å². The Hall–Kier alpha value is -2.51. The molecule has 0 aliphatic rings. The number of methoxy groups -OCH3 is 1. The Kier molecular flexibility index (Phi) is 7.13. The number of pyridine rings is 2. The highest BCUT2D eigenvalue weighted by Gasteiger charge is 2.11. The van der Waals surface area contributed by atoms with Gasteiger partial charge in [0.15, 0.2) is 0 Å². The fraction of sp³-hybridized carbons (Fsp3) is 0.353. The Morgan fingerprint density at radius 1 is 1.17 bits per heavy atom. The molecule has 0 radical (unpaired) electrons. The van der Waals surface area contributed by atoms with E-state index in [4.69, 9.17) is 14.2 Å². The molecule has 7 nitrogen and oxygen atoms in total. The maximum absolute atomic E-state index is 12.3. The average Bonchev–Trinajstić information content (AvgIpc) is 2.58. The third-order valence-corrected chi connectivity index (χ3v) is 2.99. The maximum Gasteiger partial charge on any atom is 0.275 e. The van der Waals surface area contributed by atoms with Crippen molar-refractivity contribution in [2.24, 2.45) is 0 Å². The standard InChI is InChI=1S/C17H21N3O4/c1-13-11-14(24-10-9-23-8-7-22-2)12-15(19-13)17(21)20-16-5-3-4-6-18-16/h3-6,11-12H,7-10H2,1-2H3,(H,18,20,21). The van der Waals surface area contributed by atoms with Crippen molar-refractivity contribution >= 4 is 11.7 Å². The van der Waals surface area contributed by atoms with Crippen LogP contribution >= 0.6 is 0 Å². The van der Waals surface area contributed by atoms with Crippen LogP contribution in [-0.2, 0) is 9.47 Å². The molecule has 0 bridgehead atoms. The fourth-order valence-electron chi connectivity index (χ4n) is 1.92. The maximum atomic E-state index is 12.3. The number of ether oxygens (including phenoxy) is 3. The van der Waals surface area contributed by atoms with Crippen LogP contribution in [0.2, 0.25) is 0 Å². The van der Waals surface area contributed by atoms with Gasteiger partial charge < -0.3 is 19.5 Å². The summed E-state index contributed by atoms with van der Waals surface area (Å²) in [6.07, 6.45) is 1.61. The van der Waals surface area contributed by atoms with Crippen LogP contribution in [0.4, 0.5) is 5.82 Å². The van der Waals surface area contributed by atoms with Crippen molar-refractivity contribution in [1.29, 1.82) is 0 Å². The van der Waals surface area contributed by atoms with Crippen molar-refractivity contribution in [2.75, 3.05) is 38.9 Å². The van der Waals surface area contributed by atoms with Crippen LogP contribution in [0, 0.1) is 6.92 Å². The number of hydrogen-bond acceptors (Lipinski definition) is 6. The van der Waals surface area contributed by atoms with E-state index < -0.39 is 0 Å². The Labute approximate surface area is 141 Å². The highest BCUT2D eigenvalue weighted by atomic mass is 16.5. The minimum absolute atomic E-state index is 0.274. The summed E-state index contributed by atoms with van der Waals surface area (Å²) in [5.41, 5.74) is 0.968. The number of hydrogen-bond donors (Lipinski definition) is 1. The Morgan fingerprint density at radius 3 is 2.75 bits per heavy atom. The first kappa shape index (κ1) is 17.8. The first-order chi connectivity index (χ1) is 11.7. The van der Waals surface area contributed by atoms with Crippen LogP contribution in [0.5, 0.6) is 5.75 Å². The van der Waals surface area contributed by atoms with Crippen LogP contribution in [-0.4, -0.2) is 49.4 Å². The van der Waals surface area contributed by atoms with Gasteiger partial charge in [-0.15, -0.1) is 0 Å². The van der Waals surface area contributed by atoms with Crippen molar-refractivity contribution < 1.29 is 19.0 Å². The first-order valence-electron chi connectivity index (χ1n) is 7.59. The van der Waals surface area contributed by atoms with Gasteiger partial charge in [-0.1, -0.05) is 6.07 Å². The van der Waals surface area contributed by atoms with E-state index in [1.807, 2.05) is 0 Å². The summed E-state index contributed by atoms with van der Waals surface area (Å²) in [6, 6.07) is 8.65. The molecule has 2 heterocycles. The average molecular weight is 331 g/mol. The number of amides is 1. The molecule has 0 aliphatic heterocycles. The number of nitrogens with zero attached hydrogens (tertiary/aromatic N) is 2. The molecule has 1 amide bonds. The monoisotopic (exact) mass is 331 g/mol. The van der Waals surface area contributed by atoms with Crippen molar-refractivity contribution in [3.8, 4) is 5.75 Å². The van der Waals surface area contributed by atoms with Gasteiger partial charge in [0.1, 0.15) is 23.9 Å². The van der Waals surface area contributed by atoms with Crippen LogP contribution < -0.4 is 10.1 Å². The SMILES string of the molecule is COCCOCCOc1cc(C)nc(C(=O)Nc2ccccn2)c1. The second-order valence-electron chi connectivity index (χ2n) is 4.95. The largest absolute Gasteiger partial charge is 0.491 e. The summed E-state index contributed by atoms with van der Waals surface area (Å²) in [4.78, 5) is 20.5. The van der Waals surface area contributed by atoms with E-state index in [0.29, 0.717) is 43.7 Å². The van der Waals surface area contributed by atoms with Crippen molar-refractivity contribution in [3.63, 3.8) is 0 Å². The second kappa shape index (κ2) is 9.59. The first-order valence-corrected chi connectivity index (χ1v) is 7.59. The molecule has 0 saturated heterocycles. The van der Waals surface area contributed by atoms with Gasteiger partial charge in [0.25, 0.3) is 5.91 Å². The summed E-state index contributed by atoms with van der Waals surface area (Å²) in [6.45, 7) is 3.70. The van der Waals surface area contributed by atoms with Crippen LogP contribution in [0.3, 0.4) is 0 Å². The molecule has 24 heavy (non-hydrogen) atoms. The van der Waals surface area contributed by atoms with E-state index in [-0.39, 0.29) is 11.6 Å². The molecule has 0 saturated carbocycles. The zero-order valence-electron chi connectivity index (χ0n) is 13.8. The second-order valence-corrected chi connectivity index (χ2v) is 4.95. The molecule has 0 atom stereocenters. The third-order valence-electron chi connectivity index (χ3n) is 2.99. The summed E-state index contributed by atoms with van der Waals surface area (Å²) in [7, 11) is 1.62. The summed E-state index contributed by atoms with van der Waals surface area (Å²) >= 11 is 0. The summed E-state index contributed by atoms with van der Waals surface area (Å²) in [5.74, 6) is 0.711. The normalized spacial score (nSPS) is 10.4. The zero-order chi connectivity index (χ0) is 17.2. The Balaban J connectivity index is 1.91. The van der Waals surface area contributed by atoms with Crippen molar-refractivity contribution in [2.45, 2.75) is 6.92 Å². The van der Waals surface area contributed by atoms with E-state index in [1.165, 1.54) is 0 Å². The van der Waals surface area contributed by atoms with Crippen molar-refractivity contribution in [1.82, 2.24) is 9.97 Å². The number of aryl methyl sites for hydroxylation is 1. The molecular weight excluding hydrogens is 310 g/mol. The fourth-order valence-corrected chi connectivity index (χ4v) is 1.92. The predicted molar refractivity (Wildman–Crippen MR) is 89.4 cm³/mol. The van der Waals surface area contributed by atoms with Crippen LogP contribution in [0.1, 0.15) is 16.2 Å². The van der Waals surface area contributed by atoms with E-state index >= 15 is 0 Å². The van der Waals surface area contributed by atoms with Gasteiger partial charge in [0, 0.05) is 31.1 Å². The minimum Gasteiger partial charge on any atom is -0.491 e. The molecule has 7 heteroatoms. The molecule has 0 aliphatic carbocycles. The minimum atomic E-state index is -0.335. The number of aromatic nitrogens is 2. The molecule has 128 valence electrons. The van der Waals surface area contributed by atoms with Crippen LogP contribution in [0.15, 0.2) is 36.5 Å². The third kappa shape index (κ3) is 5.94. The Morgan fingerprint density at radius 2 is 2.00 bits per heavy atom. The van der Waals surface area contributed by atoms with E-state index in [0.717, 1.165) is 0 Å². The lowest BCUT2D eigenvalue weighted by molar-refractivity contribution is 0.0544. The zero-order valence-corrected chi connectivity index (χ0v) is 13.8. The smallest absolute Gasteiger partial charge is 0.275 e. The summed E-state index contributed by atoms with van der Waals surface area (Å²) < 4.78 is 15.8.